The van der Waals surface area contributed by atoms with Crippen LogP contribution in [0, 0.1) is 0 Å². The van der Waals surface area contributed by atoms with Gasteiger partial charge in [0.2, 0.25) is 0 Å². The summed E-state index contributed by atoms with van der Waals surface area (Å²) in [4.78, 5) is 10.3. The molecule has 0 unspecified atom stereocenters. The van der Waals surface area contributed by atoms with Crippen molar-refractivity contribution < 1.29 is 4.42 Å². The molecule has 0 radical (unpaired) electrons. The molecule has 206 valence electrons. The van der Waals surface area contributed by atoms with Gasteiger partial charge < -0.3 is 8.98 Å². The normalized spacial score (nSPS) is 11.6. The summed E-state index contributed by atoms with van der Waals surface area (Å²) >= 11 is 0. The Kier molecular flexibility index (Phi) is 5.47. The lowest BCUT2D eigenvalue weighted by atomic mass is 10.0. The van der Waals surface area contributed by atoms with Crippen molar-refractivity contribution in [2.75, 3.05) is 0 Å². The predicted molar refractivity (Wildman–Crippen MR) is 180 cm³/mol. The first-order valence-corrected chi connectivity index (χ1v) is 14.8. The molecule has 0 bridgehead atoms. The number of hydrogen-bond acceptors (Lipinski definition) is 3. The van der Waals surface area contributed by atoms with Crippen LogP contribution in [0.15, 0.2) is 156 Å². The minimum Gasteiger partial charge on any atom is -0.456 e. The zero-order valence-corrected chi connectivity index (χ0v) is 23.7. The Morgan fingerprint density at radius 2 is 1.14 bits per heavy atom. The van der Waals surface area contributed by atoms with Crippen LogP contribution in [0.4, 0.5) is 0 Å². The van der Waals surface area contributed by atoms with Crippen LogP contribution in [0.3, 0.4) is 0 Å². The molecule has 0 fully saturated rings. The predicted octanol–water partition coefficient (Wildman–Crippen LogP) is 10.5. The third-order valence-electron chi connectivity index (χ3n) is 8.42. The molecule has 3 heterocycles. The van der Waals surface area contributed by atoms with Crippen molar-refractivity contribution >= 4 is 43.7 Å². The molecule has 6 aromatic carbocycles. The van der Waals surface area contributed by atoms with E-state index in [1.807, 2.05) is 42.5 Å². The Labute approximate surface area is 253 Å². The minimum absolute atomic E-state index is 0.687. The fraction of sp³-hybridized carbons (Fsp3) is 0. The first-order valence-electron chi connectivity index (χ1n) is 14.8. The van der Waals surface area contributed by atoms with Gasteiger partial charge in [-0.3, -0.25) is 0 Å². The molecule has 0 aliphatic heterocycles. The van der Waals surface area contributed by atoms with Gasteiger partial charge in [0.15, 0.2) is 5.82 Å². The lowest BCUT2D eigenvalue weighted by Gasteiger charge is -2.11. The van der Waals surface area contributed by atoms with Crippen LogP contribution in [0.1, 0.15) is 0 Å². The summed E-state index contributed by atoms with van der Waals surface area (Å²) in [6.45, 7) is 0. The summed E-state index contributed by atoms with van der Waals surface area (Å²) in [5.74, 6) is 0.687. The second-order valence-corrected chi connectivity index (χ2v) is 11.0. The van der Waals surface area contributed by atoms with Gasteiger partial charge in [-0.2, -0.15) is 0 Å². The number of fused-ring (bicyclic) bond motifs is 6. The highest BCUT2D eigenvalue weighted by Gasteiger charge is 2.18. The van der Waals surface area contributed by atoms with E-state index in [1.165, 1.54) is 16.3 Å². The fourth-order valence-corrected chi connectivity index (χ4v) is 6.42. The van der Waals surface area contributed by atoms with Crippen LogP contribution in [0.2, 0.25) is 0 Å². The molecule has 0 aliphatic rings. The summed E-state index contributed by atoms with van der Waals surface area (Å²) in [6.07, 6.45) is 0. The van der Waals surface area contributed by atoms with Crippen molar-refractivity contribution in [3.63, 3.8) is 0 Å². The molecule has 0 aliphatic carbocycles. The number of nitrogens with zero attached hydrogens (tertiary/aromatic N) is 3. The topological polar surface area (TPSA) is 43.9 Å². The van der Waals surface area contributed by atoms with E-state index in [0.717, 1.165) is 61.2 Å². The lowest BCUT2D eigenvalue weighted by Crippen LogP contribution is -1.97. The van der Waals surface area contributed by atoms with Crippen molar-refractivity contribution in [3.05, 3.63) is 152 Å². The van der Waals surface area contributed by atoms with Gasteiger partial charge in [-0.1, -0.05) is 109 Å². The van der Waals surface area contributed by atoms with E-state index in [9.17, 15) is 0 Å². The van der Waals surface area contributed by atoms with E-state index in [4.69, 9.17) is 14.4 Å². The summed E-state index contributed by atoms with van der Waals surface area (Å²) < 4.78 is 8.57. The average molecular weight is 564 g/mol. The maximum atomic E-state index is 6.23. The Balaban J connectivity index is 1.32. The van der Waals surface area contributed by atoms with Crippen molar-refractivity contribution in [1.82, 2.24) is 14.5 Å². The molecule has 44 heavy (non-hydrogen) atoms. The Bertz CT molecular complexity index is 2490. The number of rotatable bonds is 4. The summed E-state index contributed by atoms with van der Waals surface area (Å²) in [5.41, 5.74) is 9.90. The van der Waals surface area contributed by atoms with E-state index in [0.29, 0.717) is 5.82 Å². The van der Waals surface area contributed by atoms with Gasteiger partial charge in [0.1, 0.15) is 11.2 Å². The van der Waals surface area contributed by atoms with Crippen molar-refractivity contribution in [2.45, 2.75) is 0 Å². The second kappa shape index (κ2) is 9.79. The van der Waals surface area contributed by atoms with E-state index in [-0.39, 0.29) is 0 Å². The van der Waals surface area contributed by atoms with E-state index in [1.54, 1.807) is 0 Å². The smallest absolute Gasteiger partial charge is 0.160 e. The molecule has 0 spiro atoms. The monoisotopic (exact) mass is 563 g/mol. The molecule has 4 nitrogen and oxygen atoms in total. The average Bonchev–Trinajstić information content (AvgIpc) is 3.64. The van der Waals surface area contributed by atoms with Gasteiger partial charge in [0, 0.05) is 43.9 Å². The van der Waals surface area contributed by atoms with E-state index < -0.39 is 0 Å². The summed E-state index contributed by atoms with van der Waals surface area (Å²) in [5, 5.41) is 4.57. The SMILES string of the molecule is c1ccc(-c2nc(-c3ccc4c5ccccc5n(-c5ccccc5)c4c3)cc(-c3cccc4oc5ccccc5c34)n2)cc1. The molecule has 0 atom stereocenters. The van der Waals surface area contributed by atoms with Crippen LogP contribution in [-0.2, 0) is 0 Å². The highest BCUT2D eigenvalue weighted by atomic mass is 16.3. The zero-order valence-electron chi connectivity index (χ0n) is 23.7. The molecule has 9 aromatic rings. The Morgan fingerprint density at radius 1 is 0.455 bits per heavy atom. The maximum absolute atomic E-state index is 6.23. The molecular formula is C40H25N3O. The third kappa shape index (κ3) is 3.85. The van der Waals surface area contributed by atoms with Gasteiger partial charge >= 0.3 is 0 Å². The van der Waals surface area contributed by atoms with Gasteiger partial charge in [-0.05, 0) is 42.5 Å². The Morgan fingerprint density at radius 3 is 2.00 bits per heavy atom. The molecule has 0 N–H and O–H groups in total. The lowest BCUT2D eigenvalue weighted by molar-refractivity contribution is 0.669. The largest absolute Gasteiger partial charge is 0.456 e. The van der Waals surface area contributed by atoms with Crippen molar-refractivity contribution in [1.29, 1.82) is 0 Å². The Hall–Kier alpha value is -6.00. The number of hydrogen-bond donors (Lipinski definition) is 0. The van der Waals surface area contributed by atoms with Crippen molar-refractivity contribution in [3.8, 4) is 39.6 Å². The summed E-state index contributed by atoms with van der Waals surface area (Å²) in [6, 6.07) is 52.5. The van der Waals surface area contributed by atoms with E-state index in [2.05, 4.69) is 114 Å². The number of furan rings is 1. The first-order chi connectivity index (χ1) is 21.8. The van der Waals surface area contributed by atoms with Crippen molar-refractivity contribution in [2.24, 2.45) is 0 Å². The molecule has 0 saturated heterocycles. The van der Waals surface area contributed by atoms with Gasteiger partial charge in [-0.25, -0.2) is 9.97 Å². The number of para-hydroxylation sites is 3. The first kappa shape index (κ1) is 24.6. The standard InChI is InChI=1S/C40H25N3O/c1-3-12-26(13-4-1)40-41-33(25-34(42-40)31-18-11-21-38-39(31)32-17-8-10-20-37(32)44-38)27-22-23-30-29-16-7-9-19-35(29)43(36(30)24-27)28-14-5-2-6-15-28/h1-25H. The van der Waals surface area contributed by atoms with Crippen LogP contribution < -0.4 is 0 Å². The molecule has 0 amide bonds. The highest BCUT2D eigenvalue weighted by molar-refractivity contribution is 6.12. The van der Waals surface area contributed by atoms with Gasteiger partial charge in [0.05, 0.1) is 22.4 Å². The number of aromatic nitrogens is 3. The zero-order chi connectivity index (χ0) is 29.0. The van der Waals surface area contributed by atoms with Crippen LogP contribution >= 0.6 is 0 Å². The van der Waals surface area contributed by atoms with E-state index >= 15 is 0 Å². The molecule has 9 rings (SSSR count). The second-order valence-electron chi connectivity index (χ2n) is 11.0. The molecule has 0 saturated carbocycles. The summed E-state index contributed by atoms with van der Waals surface area (Å²) in [7, 11) is 0. The van der Waals surface area contributed by atoms with Gasteiger partial charge in [-0.15, -0.1) is 0 Å². The van der Waals surface area contributed by atoms with Crippen LogP contribution in [-0.4, -0.2) is 14.5 Å². The maximum Gasteiger partial charge on any atom is 0.160 e. The molecular weight excluding hydrogens is 538 g/mol. The molecule has 4 heteroatoms. The minimum atomic E-state index is 0.687. The van der Waals surface area contributed by atoms with Crippen LogP contribution in [0.5, 0.6) is 0 Å². The van der Waals surface area contributed by atoms with Crippen LogP contribution in [0.25, 0.3) is 83.3 Å². The quantitative estimate of drug-likeness (QED) is 0.214. The number of benzene rings is 6. The fourth-order valence-electron chi connectivity index (χ4n) is 6.42. The van der Waals surface area contributed by atoms with Gasteiger partial charge in [0.25, 0.3) is 0 Å². The molecule has 3 aromatic heterocycles. The highest BCUT2D eigenvalue weighted by Crippen LogP contribution is 2.39. The third-order valence-corrected chi connectivity index (χ3v) is 8.42.